The molecule has 0 N–H and O–H groups in total. The summed E-state index contributed by atoms with van der Waals surface area (Å²) in [5, 5.41) is 10.2. The normalized spacial score (nSPS) is 24.2. The molecule has 1 heterocycles. The highest BCUT2D eigenvalue weighted by atomic mass is 16.5. The summed E-state index contributed by atoms with van der Waals surface area (Å²) >= 11 is 0. The number of nitrogens with zero attached hydrogens (tertiary/aromatic N) is 1. The second-order valence-electron chi connectivity index (χ2n) is 2.63. The number of carbonyl (C=O) groups is 1. The summed E-state index contributed by atoms with van der Waals surface area (Å²) in [4.78, 5) is 12.4. The van der Waals surface area contributed by atoms with Gasteiger partial charge in [0.15, 0.2) is 6.61 Å². The van der Waals surface area contributed by atoms with Crippen LogP contribution in [0.5, 0.6) is 0 Å². The van der Waals surface area contributed by atoms with Crippen LogP contribution in [0, 0.1) is 0 Å². The molecule has 0 aromatic carbocycles. The quantitative estimate of drug-likeness (QED) is 0.552. The van der Waals surface area contributed by atoms with E-state index in [0.29, 0.717) is 13.1 Å². The Kier molecular flexibility index (Phi) is 2.84. The Labute approximate surface area is 65.8 Å². The number of likely N-dealkylation sites (tertiary alicyclic amines) is 1. The number of ether oxygens (including phenoxy) is 1. The predicted molar refractivity (Wildman–Crippen MR) is 37.5 cm³/mol. The molecule has 1 aliphatic rings. The minimum atomic E-state index is -0.642. The zero-order valence-electron chi connectivity index (χ0n) is 6.58. The van der Waals surface area contributed by atoms with Crippen LogP contribution in [0.3, 0.4) is 0 Å². The van der Waals surface area contributed by atoms with Crippen LogP contribution in [0.25, 0.3) is 0 Å². The van der Waals surface area contributed by atoms with Gasteiger partial charge in [0.1, 0.15) is 0 Å². The van der Waals surface area contributed by atoms with E-state index < -0.39 is 6.61 Å². The predicted octanol–water partition coefficient (Wildman–Crippen LogP) is -0.336. The van der Waals surface area contributed by atoms with Crippen molar-refractivity contribution in [2.75, 3.05) is 26.8 Å². The summed E-state index contributed by atoms with van der Waals surface area (Å²) in [5.41, 5.74) is 0. The number of methoxy groups -OCH3 is 1. The molecule has 0 saturated carbocycles. The molecule has 1 radical (unpaired) electrons. The van der Waals surface area contributed by atoms with E-state index in [1.54, 1.807) is 12.0 Å². The standard InChI is InChI=1S/C7H12NO3/c1-11-6-2-3-8(4-6)7(10)5-9/h6H,2-5H2,1H3. The van der Waals surface area contributed by atoms with Crippen molar-refractivity contribution < 1.29 is 14.6 Å². The summed E-state index contributed by atoms with van der Waals surface area (Å²) < 4.78 is 5.04. The summed E-state index contributed by atoms with van der Waals surface area (Å²) in [6.07, 6.45) is 0.980. The van der Waals surface area contributed by atoms with Crippen LogP contribution in [-0.2, 0) is 14.6 Å². The smallest absolute Gasteiger partial charge is 0.252 e. The minimum absolute atomic E-state index is 0.130. The molecule has 1 atom stereocenters. The molecule has 1 aliphatic heterocycles. The van der Waals surface area contributed by atoms with Crippen molar-refractivity contribution in [1.29, 1.82) is 0 Å². The molecule has 1 unspecified atom stereocenters. The summed E-state index contributed by atoms with van der Waals surface area (Å²) in [5.74, 6) is -0.315. The van der Waals surface area contributed by atoms with Gasteiger partial charge in [0, 0.05) is 20.2 Å². The maximum absolute atomic E-state index is 10.8. The first-order chi connectivity index (χ1) is 5.27. The molecule has 0 aliphatic carbocycles. The van der Waals surface area contributed by atoms with E-state index >= 15 is 0 Å². The van der Waals surface area contributed by atoms with Gasteiger partial charge in [-0.15, -0.1) is 0 Å². The second-order valence-corrected chi connectivity index (χ2v) is 2.63. The summed E-state index contributed by atoms with van der Waals surface area (Å²) in [6.45, 7) is 0.605. The van der Waals surface area contributed by atoms with Crippen LogP contribution in [0.1, 0.15) is 6.42 Å². The first-order valence-corrected chi connectivity index (χ1v) is 3.66. The highest BCUT2D eigenvalue weighted by Crippen LogP contribution is 2.11. The Balaban J connectivity index is 2.35. The topological polar surface area (TPSA) is 49.4 Å². The minimum Gasteiger partial charge on any atom is -0.380 e. The molecule has 0 bridgehead atoms. The summed E-state index contributed by atoms with van der Waals surface area (Å²) in [7, 11) is 1.62. The third kappa shape index (κ3) is 1.91. The molecule has 1 rings (SSSR count). The average molecular weight is 158 g/mol. The molecule has 4 heteroatoms. The zero-order valence-corrected chi connectivity index (χ0v) is 6.58. The van der Waals surface area contributed by atoms with Crippen LogP contribution < -0.4 is 0 Å². The van der Waals surface area contributed by atoms with E-state index in [1.165, 1.54) is 0 Å². The first-order valence-electron chi connectivity index (χ1n) is 3.66. The molecule has 1 amide bonds. The highest BCUT2D eigenvalue weighted by Gasteiger charge is 2.25. The van der Waals surface area contributed by atoms with Gasteiger partial charge >= 0.3 is 0 Å². The average Bonchev–Trinajstić information content (AvgIpc) is 2.50. The molecule has 4 nitrogen and oxygen atoms in total. The number of carbonyl (C=O) groups excluding carboxylic acids is 1. The van der Waals surface area contributed by atoms with Crippen LogP contribution in [0.4, 0.5) is 0 Å². The monoisotopic (exact) mass is 158 g/mol. The third-order valence-corrected chi connectivity index (χ3v) is 1.95. The number of hydrogen-bond donors (Lipinski definition) is 0. The van der Waals surface area contributed by atoms with Gasteiger partial charge in [0.2, 0.25) is 0 Å². The van der Waals surface area contributed by atoms with Gasteiger partial charge in [-0.1, -0.05) is 0 Å². The van der Waals surface area contributed by atoms with Crippen LogP contribution in [0.2, 0.25) is 0 Å². The fourth-order valence-corrected chi connectivity index (χ4v) is 1.24. The van der Waals surface area contributed by atoms with Gasteiger partial charge in [0.05, 0.1) is 6.10 Å². The molecule has 0 aromatic heterocycles. The Hall–Kier alpha value is -0.610. The Morgan fingerprint density at radius 2 is 2.45 bits per heavy atom. The maximum atomic E-state index is 10.8. The van der Waals surface area contributed by atoms with Gasteiger partial charge in [-0.2, -0.15) is 0 Å². The molecule has 1 fully saturated rings. The summed E-state index contributed by atoms with van der Waals surface area (Å²) in [6, 6.07) is 0. The van der Waals surface area contributed by atoms with Crippen molar-refractivity contribution in [3.05, 3.63) is 0 Å². The van der Waals surface area contributed by atoms with Gasteiger partial charge in [-0.3, -0.25) is 4.79 Å². The van der Waals surface area contributed by atoms with Gasteiger partial charge in [0.25, 0.3) is 5.91 Å². The lowest BCUT2D eigenvalue weighted by atomic mass is 10.3. The Morgan fingerprint density at radius 3 is 2.91 bits per heavy atom. The van der Waals surface area contributed by atoms with Crippen LogP contribution in [-0.4, -0.2) is 43.7 Å². The van der Waals surface area contributed by atoms with Crippen molar-refractivity contribution in [2.45, 2.75) is 12.5 Å². The lowest BCUT2D eigenvalue weighted by Crippen LogP contribution is -2.31. The highest BCUT2D eigenvalue weighted by molar-refractivity contribution is 5.77. The lowest BCUT2D eigenvalue weighted by Gasteiger charge is -2.13. The van der Waals surface area contributed by atoms with Crippen molar-refractivity contribution in [3.8, 4) is 0 Å². The van der Waals surface area contributed by atoms with Gasteiger partial charge in [-0.05, 0) is 6.42 Å². The van der Waals surface area contributed by atoms with E-state index in [2.05, 4.69) is 0 Å². The van der Waals surface area contributed by atoms with Crippen molar-refractivity contribution >= 4 is 5.91 Å². The van der Waals surface area contributed by atoms with E-state index in [1.807, 2.05) is 0 Å². The second kappa shape index (κ2) is 3.69. The fraction of sp³-hybridized carbons (Fsp3) is 0.857. The molecule has 1 saturated heterocycles. The van der Waals surface area contributed by atoms with Crippen molar-refractivity contribution in [3.63, 3.8) is 0 Å². The molecular formula is C7H12NO3. The zero-order chi connectivity index (χ0) is 8.27. The number of hydrogen-bond acceptors (Lipinski definition) is 2. The van der Waals surface area contributed by atoms with E-state index in [9.17, 15) is 9.90 Å². The SMILES string of the molecule is COC1CCN(C(=O)C[O])C1. The van der Waals surface area contributed by atoms with E-state index in [-0.39, 0.29) is 12.0 Å². The molecule has 0 aromatic rings. The number of amides is 1. The van der Waals surface area contributed by atoms with Crippen molar-refractivity contribution in [1.82, 2.24) is 4.90 Å². The number of rotatable bonds is 2. The molecule has 11 heavy (non-hydrogen) atoms. The van der Waals surface area contributed by atoms with Crippen molar-refractivity contribution in [2.24, 2.45) is 0 Å². The maximum Gasteiger partial charge on any atom is 0.252 e. The fourth-order valence-electron chi connectivity index (χ4n) is 1.24. The molecular weight excluding hydrogens is 146 g/mol. The first kappa shape index (κ1) is 8.49. The Morgan fingerprint density at radius 1 is 1.73 bits per heavy atom. The van der Waals surface area contributed by atoms with Crippen LogP contribution in [0.15, 0.2) is 0 Å². The van der Waals surface area contributed by atoms with Crippen LogP contribution >= 0.6 is 0 Å². The largest absolute Gasteiger partial charge is 0.380 e. The Bertz CT molecular complexity index is 149. The third-order valence-electron chi connectivity index (χ3n) is 1.95. The van der Waals surface area contributed by atoms with E-state index in [0.717, 1.165) is 6.42 Å². The van der Waals surface area contributed by atoms with Gasteiger partial charge in [-0.25, -0.2) is 5.11 Å². The lowest BCUT2D eigenvalue weighted by molar-refractivity contribution is -0.135. The van der Waals surface area contributed by atoms with Gasteiger partial charge < -0.3 is 9.64 Å². The molecule has 63 valence electrons. The van der Waals surface area contributed by atoms with E-state index in [4.69, 9.17) is 4.74 Å². The molecule has 0 spiro atoms.